The van der Waals surface area contributed by atoms with Crippen LogP contribution in [-0.4, -0.2) is 37.2 Å². The van der Waals surface area contributed by atoms with E-state index in [-0.39, 0.29) is 31.1 Å². The van der Waals surface area contributed by atoms with Crippen LogP contribution in [0.15, 0.2) is 48.6 Å². The van der Waals surface area contributed by atoms with Gasteiger partial charge in [0.05, 0.1) is 0 Å². The Morgan fingerprint density at radius 2 is 0.450 bits per heavy atom. The van der Waals surface area contributed by atoms with Crippen molar-refractivity contribution in [1.82, 2.24) is 0 Å². The Labute approximate surface area is 498 Å². The van der Waals surface area contributed by atoms with Gasteiger partial charge in [0.1, 0.15) is 13.2 Å². The van der Waals surface area contributed by atoms with Crippen LogP contribution in [0.1, 0.15) is 387 Å². The summed E-state index contributed by atoms with van der Waals surface area (Å²) in [6.45, 7) is 6.67. The molecule has 0 heterocycles. The van der Waals surface area contributed by atoms with E-state index in [1.165, 1.54) is 276 Å². The third-order valence-electron chi connectivity index (χ3n) is 16.0. The fourth-order valence-electron chi connectivity index (χ4n) is 10.6. The summed E-state index contributed by atoms with van der Waals surface area (Å²) in [7, 11) is 0. The fourth-order valence-corrected chi connectivity index (χ4v) is 10.6. The van der Waals surface area contributed by atoms with Crippen molar-refractivity contribution >= 4 is 17.9 Å². The number of ether oxygens (including phenoxy) is 3. The second kappa shape index (κ2) is 68.9. The van der Waals surface area contributed by atoms with Crippen molar-refractivity contribution in [2.45, 2.75) is 393 Å². The molecule has 0 saturated carbocycles. The summed E-state index contributed by atoms with van der Waals surface area (Å²) in [5, 5.41) is 0. The van der Waals surface area contributed by atoms with E-state index in [1.807, 2.05) is 0 Å². The van der Waals surface area contributed by atoms with E-state index in [9.17, 15) is 14.4 Å². The predicted molar refractivity (Wildman–Crippen MR) is 349 cm³/mol. The maximum atomic E-state index is 12.9. The van der Waals surface area contributed by atoms with E-state index in [0.29, 0.717) is 19.3 Å². The molecule has 6 nitrogen and oxygen atoms in total. The molecule has 80 heavy (non-hydrogen) atoms. The highest BCUT2D eigenvalue weighted by Crippen LogP contribution is 2.18. The maximum absolute atomic E-state index is 12.9. The van der Waals surface area contributed by atoms with Gasteiger partial charge in [-0.3, -0.25) is 14.4 Å². The third-order valence-corrected chi connectivity index (χ3v) is 16.0. The zero-order chi connectivity index (χ0) is 57.8. The number of allylic oxidation sites excluding steroid dienone is 8. The van der Waals surface area contributed by atoms with E-state index in [0.717, 1.165) is 70.6 Å². The molecule has 1 atom stereocenters. The molecule has 0 aromatic rings. The zero-order valence-electron chi connectivity index (χ0n) is 53.9. The molecule has 0 aromatic heterocycles. The molecule has 0 bridgehead atoms. The van der Waals surface area contributed by atoms with E-state index < -0.39 is 6.10 Å². The maximum Gasteiger partial charge on any atom is 0.306 e. The summed E-state index contributed by atoms with van der Waals surface area (Å²) in [5.41, 5.74) is 0. The van der Waals surface area contributed by atoms with Crippen LogP contribution in [0, 0.1) is 0 Å². The van der Waals surface area contributed by atoms with E-state index in [1.54, 1.807) is 0 Å². The summed E-state index contributed by atoms with van der Waals surface area (Å²) >= 11 is 0. The van der Waals surface area contributed by atoms with Gasteiger partial charge in [-0.15, -0.1) is 0 Å². The fraction of sp³-hybridized carbons (Fsp3) is 0.851. The Morgan fingerprint density at radius 1 is 0.250 bits per heavy atom. The number of unbranched alkanes of at least 4 members (excludes halogenated alkanes) is 47. The molecular weight excluding hydrogens is 985 g/mol. The molecule has 0 fully saturated rings. The lowest BCUT2D eigenvalue weighted by Crippen LogP contribution is -2.30. The highest BCUT2D eigenvalue weighted by Gasteiger charge is 2.19. The predicted octanol–water partition coefficient (Wildman–Crippen LogP) is 24.5. The number of carbonyl (C=O) groups is 3. The van der Waals surface area contributed by atoms with E-state index in [2.05, 4.69) is 69.4 Å². The van der Waals surface area contributed by atoms with Gasteiger partial charge in [0.25, 0.3) is 0 Å². The minimum absolute atomic E-state index is 0.0725. The third kappa shape index (κ3) is 66.2. The molecule has 1 unspecified atom stereocenters. The largest absolute Gasteiger partial charge is 0.462 e. The number of esters is 3. The summed E-state index contributed by atoms with van der Waals surface area (Å²) in [5.74, 6) is -0.858. The summed E-state index contributed by atoms with van der Waals surface area (Å²) in [6, 6.07) is 0. The molecule has 0 aliphatic carbocycles. The van der Waals surface area contributed by atoms with Crippen LogP contribution in [0.3, 0.4) is 0 Å². The molecule has 0 rings (SSSR count). The minimum atomic E-state index is -0.777. The van der Waals surface area contributed by atoms with Crippen LogP contribution in [0.5, 0.6) is 0 Å². The number of hydrogen-bond donors (Lipinski definition) is 0. The van der Waals surface area contributed by atoms with Crippen molar-refractivity contribution in [3.05, 3.63) is 48.6 Å². The van der Waals surface area contributed by atoms with Gasteiger partial charge in [-0.25, -0.2) is 0 Å². The molecule has 0 N–H and O–H groups in total. The Balaban J connectivity index is 4.22. The van der Waals surface area contributed by atoms with Crippen molar-refractivity contribution in [2.75, 3.05) is 13.2 Å². The number of carbonyl (C=O) groups excluding carboxylic acids is 3. The normalized spacial score (nSPS) is 12.3. The van der Waals surface area contributed by atoms with Gasteiger partial charge in [-0.1, -0.05) is 313 Å². The monoisotopic (exact) mass is 1120 g/mol. The van der Waals surface area contributed by atoms with Gasteiger partial charge in [-0.05, 0) is 103 Å². The highest BCUT2D eigenvalue weighted by atomic mass is 16.6. The first-order valence-corrected chi connectivity index (χ1v) is 35.6. The van der Waals surface area contributed by atoms with Crippen LogP contribution in [0.2, 0.25) is 0 Å². The second-order valence-corrected chi connectivity index (χ2v) is 24.1. The van der Waals surface area contributed by atoms with Crippen LogP contribution in [-0.2, 0) is 28.6 Å². The average molecular weight is 1120 g/mol. The van der Waals surface area contributed by atoms with Gasteiger partial charge < -0.3 is 14.2 Å². The minimum Gasteiger partial charge on any atom is -0.462 e. The van der Waals surface area contributed by atoms with Gasteiger partial charge in [0, 0.05) is 19.3 Å². The zero-order valence-corrected chi connectivity index (χ0v) is 53.9. The highest BCUT2D eigenvalue weighted by molar-refractivity contribution is 5.71. The van der Waals surface area contributed by atoms with E-state index >= 15 is 0 Å². The lowest BCUT2D eigenvalue weighted by atomic mass is 10.0. The van der Waals surface area contributed by atoms with Crippen molar-refractivity contribution in [2.24, 2.45) is 0 Å². The van der Waals surface area contributed by atoms with Crippen LogP contribution >= 0.6 is 0 Å². The molecule has 0 amide bonds. The second-order valence-electron chi connectivity index (χ2n) is 24.1. The summed E-state index contributed by atoms with van der Waals surface area (Å²) < 4.78 is 17.0. The average Bonchev–Trinajstić information content (AvgIpc) is 3.46. The van der Waals surface area contributed by atoms with Gasteiger partial charge >= 0.3 is 17.9 Å². The van der Waals surface area contributed by atoms with Crippen molar-refractivity contribution in [1.29, 1.82) is 0 Å². The molecule has 468 valence electrons. The molecule has 0 aromatic carbocycles. The summed E-state index contributed by atoms with van der Waals surface area (Å²) in [6.07, 6.45) is 87.1. The Hall–Kier alpha value is -2.63. The molecule has 0 aliphatic rings. The van der Waals surface area contributed by atoms with Crippen LogP contribution in [0.25, 0.3) is 0 Å². The molecule has 0 spiro atoms. The number of hydrogen-bond acceptors (Lipinski definition) is 6. The Morgan fingerprint density at radius 3 is 0.700 bits per heavy atom. The first kappa shape index (κ1) is 77.4. The van der Waals surface area contributed by atoms with Gasteiger partial charge in [0.2, 0.25) is 0 Å². The Bertz CT molecular complexity index is 1380. The molecule has 0 aliphatic heterocycles. The van der Waals surface area contributed by atoms with Gasteiger partial charge in [-0.2, -0.15) is 0 Å². The first-order valence-electron chi connectivity index (χ1n) is 35.6. The van der Waals surface area contributed by atoms with Crippen LogP contribution < -0.4 is 0 Å². The molecule has 0 radical (unpaired) electrons. The Kier molecular flexibility index (Phi) is 66.6. The first-order chi connectivity index (χ1) is 39.5. The molecular formula is C74H136O6. The SMILES string of the molecule is CCCCCCC/C=C\C/C=C\CCCCCCCCCCCCCCCCCCCC(=O)OCC(COC(=O)CCCCCCC/C=C\CCCCCCC)OC(=O)CCCCCCCCCCC/C=C\CCCCCCCC. The number of rotatable bonds is 66. The van der Waals surface area contributed by atoms with Crippen LogP contribution in [0.4, 0.5) is 0 Å². The van der Waals surface area contributed by atoms with Crippen molar-refractivity contribution in [3.63, 3.8) is 0 Å². The smallest absolute Gasteiger partial charge is 0.306 e. The molecule has 6 heteroatoms. The van der Waals surface area contributed by atoms with Crippen molar-refractivity contribution < 1.29 is 28.6 Å². The van der Waals surface area contributed by atoms with Crippen molar-refractivity contribution in [3.8, 4) is 0 Å². The summed E-state index contributed by atoms with van der Waals surface area (Å²) in [4.78, 5) is 38.4. The lowest BCUT2D eigenvalue weighted by molar-refractivity contribution is -0.167. The molecule has 0 saturated heterocycles. The van der Waals surface area contributed by atoms with Gasteiger partial charge in [0.15, 0.2) is 6.10 Å². The lowest BCUT2D eigenvalue weighted by Gasteiger charge is -2.18. The topological polar surface area (TPSA) is 78.9 Å². The van der Waals surface area contributed by atoms with E-state index in [4.69, 9.17) is 14.2 Å². The standard InChI is InChI=1S/C74H136O6/c1-4-7-10-13-16-19-22-25-28-30-32-33-34-35-36-37-38-39-40-41-43-44-46-49-52-55-58-61-64-67-73(76)79-70-71(69-78-72(75)66-63-60-57-54-51-48-27-24-21-18-15-12-9-6-3)80-74(77)68-65-62-59-56-53-50-47-45-42-31-29-26-23-20-17-14-11-8-5-2/h22,24-27,29-30,32,71H,4-21,23,28,31,33-70H2,1-3H3/b25-22-,27-24-,29-26-,32-30-. The quantitative estimate of drug-likeness (QED) is 0.0261.